The summed E-state index contributed by atoms with van der Waals surface area (Å²) >= 11 is 0. The number of phenolic OH excluding ortho intramolecular Hbond substituents is 1. The van der Waals surface area contributed by atoms with Crippen LogP contribution in [0.3, 0.4) is 0 Å². The molecule has 0 radical (unpaired) electrons. The fourth-order valence-corrected chi connectivity index (χ4v) is 1.43. The predicted octanol–water partition coefficient (Wildman–Crippen LogP) is 2.78. The summed E-state index contributed by atoms with van der Waals surface area (Å²) < 4.78 is 13.3. The molecule has 4 heteroatoms. The lowest BCUT2D eigenvalue weighted by Gasteiger charge is -2.06. The SMILES string of the molecule is O=C(Nc1cccc(O)c1)c1ccccc1F. The molecule has 2 rings (SSSR count). The van der Waals surface area contributed by atoms with Crippen LogP contribution in [0, 0.1) is 5.82 Å². The maximum atomic E-state index is 13.3. The van der Waals surface area contributed by atoms with Crippen molar-refractivity contribution >= 4 is 11.6 Å². The van der Waals surface area contributed by atoms with Crippen LogP contribution in [-0.2, 0) is 0 Å². The smallest absolute Gasteiger partial charge is 0.258 e. The van der Waals surface area contributed by atoms with Crippen molar-refractivity contribution in [1.29, 1.82) is 0 Å². The number of hydrogen-bond acceptors (Lipinski definition) is 2. The fraction of sp³-hybridized carbons (Fsp3) is 0. The van der Waals surface area contributed by atoms with Crippen LogP contribution in [0.15, 0.2) is 48.5 Å². The van der Waals surface area contributed by atoms with E-state index in [1.165, 1.54) is 30.3 Å². The molecule has 0 aromatic heterocycles. The van der Waals surface area contributed by atoms with Gasteiger partial charge < -0.3 is 10.4 Å². The third-order valence-corrected chi connectivity index (χ3v) is 2.22. The highest BCUT2D eigenvalue weighted by Crippen LogP contribution is 2.17. The van der Waals surface area contributed by atoms with Gasteiger partial charge in [-0.1, -0.05) is 18.2 Å². The highest BCUT2D eigenvalue weighted by molar-refractivity contribution is 6.04. The first-order chi connectivity index (χ1) is 8.16. The molecule has 2 aromatic rings. The number of rotatable bonds is 2. The van der Waals surface area contributed by atoms with Gasteiger partial charge in [-0.3, -0.25) is 4.79 Å². The molecule has 0 saturated carbocycles. The zero-order chi connectivity index (χ0) is 12.3. The number of carbonyl (C=O) groups excluding carboxylic acids is 1. The Kier molecular flexibility index (Phi) is 3.05. The molecule has 0 saturated heterocycles. The topological polar surface area (TPSA) is 49.3 Å². The summed E-state index contributed by atoms with van der Waals surface area (Å²) in [6.45, 7) is 0. The minimum absolute atomic E-state index is 0.0316. The van der Waals surface area contributed by atoms with Crippen molar-refractivity contribution in [2.24, 2.45) is 0 Å². The Morgan fingerprint density at radius 3 is 2.59 bits per heavy atom. The lowest BCUT2D eigenvalue weighted by molar-refractivity contribution is 0.102. The first-order valence-corrected chi connectivity index (χ1v) is 5.02. The second-order valence-corrected chi connectivity index (χ2v) is 3.48. The van der Waals surface area contributed by atoms with Crippen LogP contribution in [0.5, 0.6) is 5.75 Å². The van der Waals surface area contributed by atoms with Crippen LogP contribution in [0.2, 0.25) is 0 Å². The largest absolute Gasteiger partial charge is 0.508 e. The van der Waals surface area contributed by atoms with E-state index in [1.807, 2.05) is 0 Å². The standard InChI is InChI=1S/C13H10FNO2/c14-12-7-2-1-6-11(12)13(17)15-9-4-3-5-10(16)8-9/h1-8,16H,(H,15,17). The molecule has 86 valence electrons. The summed E-state index contributed by atoms with van der Waals surface area (Å²) in [6.07, 6.45) is 0. The van der Waals surface area contributed by atoms with Gasteiger partial charge >= 0.3 is 0 Å². The van der Waals surface area contributed by atoms with Crippen molar-refractivity contribution in [3.05, 3.63) is 59.9 Å². The second kappa shape index (κ2) is 4.65. The summed E-state index contributed by atoms with van der Waals surface area (Å²) in [5.74, 6) is -1.09. The number of carbonyl (C=O) groups is 1. The van der Waals surface area contributed by atoms with Crippen molar-refractivity contribution in [1.82, 2.24) is 0 Å². The highest BCUT2D eigenvalue weighted by Gasteiger charge is 2.10. The molecule has 1 amide bonds. The monoisotopic (exact) mass is 231 g/mol. The molecule has 0 aliphatic heterocycles. The number of phenols is 1. The first-order valence-electron chi connectivity index (χ1n) is 5.02. The van der Waals surface area contributed by atoms with Gasteiger partial charge in [0.05, 0.1) is 5.56 Å². The van der Waals surface area contributed by atoms with Crippen molar-refractivity contribution in [3.63, 3.8) is 0 Å². The molecule has 2 aromatic carbocycles. The molecule has 0 aliphatic rings. The minimum Gasteiger partial charge on any atom is -0.508 e. The predicted molar refractivity (Wildman–Crippen MR) is 62.5 cm³/mol. The maximum Gasteiger partial charge on any atom is 0.258 e. The molecular formula is C13H10FNO2. The maximum absolute atomic E-state index is 13.3. The molecule has 0 unspecified atom stereocenters. The number of hydrogen-bond donors (Lipinski definition) is 2. The van der Waals surface area contributed by atoms with Crippen molar-refractivity contribution in [2.75, 3.05) is 5.32 Å². The zero-order valence-electron chi connectivity index (χ0n) is 8.85. The van der Waals surface area contributed by atoms with E-state index in [0.29, 0.717) is 5.69 Å². The van der Waals surface area contributed by atoms with E-state index in [2.05, 4.69) is 5.32 Å². The molecule has 17 heavy (non-hydrogen) atoms. The van der Waals surface area contributed by atoms with Crippen LogP contribution in [0.1, 0.15) is 10.4 Å². The quantitative estimate of drug-likeness (QED) is 0.834. The Labute approximate surface area is 97.5 Å². The van der Waals surface area contributed by atoms with Gasteiger partial charge in [0.25, 0.3) is 5.91 Å². The molecule has 0 atom stereocenters. The Morgan fingerprint density at radius 2 is 1.88 bits per heavy atom. The van der Waals surface area contributed by atoms with E-state index in [0.717, 1.165) is 0 Å². The lowest BCUT2D eigenvalue weighted by atomic mass is 10.2. The van der Waals surface area contributed by atoms with Crippen LogP contribution in [0.4, 0.5) is 10.1 Å². The van der Waals surface area contributed by atoms with Gasteiger partial charge in [-0.05, 0) is 24.3 Å². The van der Waals surface area contributed by atoms with Crippen LogP contribution >= 0.6 is 0 Å². The van der Waals surface area contributed by atoms with Crippen molar-refractivity contribution < 1.29 is 14.3 Å². The van der Waals surface area contributed by atoms with Gasteiger partial charge in [0.2, 0.25) is 0 Å². The number of aromatic hydroxyl groups is 1. The van der Waals surface area contributed by atoms with Gasteiger partial charge in [0.1, 0.15) is 11.6 Å². The summed E-state index contributed by atoms with van der Waals surface area (Å²) in [5.41, 5.74) is 0.383. The van der Waals surface area contributed by atoms with Gasteiger partial charge in [-0.25, -0.2) is 4.39 Å². The van der Waals surface area contributed by atoms with E-state index >= 15 is 0 Å². The molecule has 0 spiro atoms. The summed E-state index contributed by atoms with van der Waals surface area (Å²) in [4.78, 5) is 11.7. The van der Waals surface area contributed by atoms with Gasteiger partial charge in [-0.15, -0.1) is 0 Å². The average Bonchev–Trinajstić information content (AvgIpc) is 2.29. The number of halogens is 1. The number of nitrogens with one attached hydrogen (secondary N) is 1. The molecule has 2 N–H and O–H groups in total. The number of amides is 1. The van der Waals surface area contributed by atoms with Gasteiger partial charge in [-0.2, -0.15) is 0 Å². The molecule has 0 bridgehead atoms. The normalized spacial score (nSPS) is 9.94. The molecule has 0 heterocycles. The van der Waals surface area contributed by atoms with Crippen LogP contribution in [0.25, 0.3) is 0 Å². The molecule has 0 aliphatic carbocycles. The van der Waals surface area contributed by atoms with E-state index in [4.69, 9.17) is 0 Å². The summed E-state index contributed by atoms with van der Waals surface area (Å²) in [5, 5.41) is 11.7. The third-order valence-electron chi connectivity index (χ3n) is 2.22. The Morgan fingerprint density at radius 1 is 1.12 bits per heavy atom. The van der Waals surface area contributed by atoms with E-state index in [-0.39, 0.29) is 11.3 Å². The van der Waals surface area contributed by atoms with Crippen LogP contribution in [-0.4, -0.2) is 11.0 Å². The van der Waals surface area contributed by atoms with Crippen LogP contribution < -0.4 is 5.32 Å². The number of anilines is 1. The van der Waals surface area contributed by atoms with E-state index < -0.39 is 11.7 Å². The first kappa shape index (κ1) is 11.1. The highest BCUT2D eigenvalue weighted by atomic mass is 19.1. The fourth-order valence-electron chi connectivity index (χ4n) is 1.43. The molecular weight excluding hydrogens is 221 g/mol. The molecule has 3 nitrogen and oxygen atoms in total. The Hall–Kier alpha value is -2.36. The van der Waals surface area contributed by atoms with E-state index in [9.17, 15) is 14.3 Å². The van der Waals surface area contributed by atoms with Gasteiger partial charge in [0, 0.05) is 11.8 Å². The summed E-state index contributed by atoms with van der Waals surface area (Å²) in [7, 11) is 0. The second-order valence-electron chi connectivity index (χ2n) is 3.48. The van der Waals surface area contributed by atoms with Crippen molar-refractivity contribution in [3.8, 4) is 5.75 Å². The Balaban J connectivity index is 2.20. The molecule has 0 fully saturated rings. The third kappa shape index (κ3) is 2.60. The summed E-state index contributed by atoms with van der Waals surface area (Å²) in [6, 6.07) is 11.8. The number of benzene rings is 2. The van der Waals surface area contributed by atoms with E-state index in [1.54, 1.807) is 18.2 Å². The average molecular weight is 231 g/mol. The lowest BCUT2D eigenvalue weighted by Crippen LogP contribution is -2.13. The van der Waals surface area contributed by atoms with Gasteiger partial charge in [0.15, 0.2) is 0 Å². The van der Waals surface area contributed by atoms with Crippen molar-refractivity contribution in [2.45, 2.75) is 0 Å². The zero-order valence-corrected chi connectivity index (χ0v) is 8.85. The minimum atomic E-state index is -0.579. The Bertz CT molecular complexity index is 555.